The number of halogens is 2. The van der Waals surface area contributed by atoms with Crippen LogP contribution >= 0.6 is 23.2 Å². The molecule has 156 valence electrons. The maximum absolute atomic E-state index is 12.9. The van der Waals surface area contributed by atoms with Gasteiger partial charge in [0, 0.05) is 28.3 Å². The van der Waals surface area contributed by atoms with Gasteiger partial charge in [-0.3, -0.25) is 29.8 Å². The van der Waals surface area contributed by atoms with Crippen LogP contribution in [0.15, 0.2) is 60.7 Å². The molecule has 9 nitrogen and oxygen atoms in total. The minimum absolute atomic E-state index is 0.0727. The number of carbonyl (C=O) groups is 2. The van der Waals surface area contributed by atoms with Crippen molar-refractivity contribution >= 4 is 52.0 Å². The fourth-order valence-electron chi connectivity index (χ4n) is 2.74. The van der Waals surface area contributed by atoms with Gasteiger partial charge in [0.15, 0.2) is 10.8 Å². The van der Waals surface area contributed by atoms with Gasteiger partial charge in [-0.05, 0) is 18.2 Å². The molecule has 11 heteroatoms. The monoisotopic (exact) mass is 459 g/mol. The SMILES string of the molecule is O=C(Nc1ccc(Cl)cc1C(=O)c1ccccc1)c1cc([N+](=O)[O-])c(Cl)c([N+](=O)[O-])c1. The first-order chi connectivity index (χ1) is 14.7. The van der Waals surface area contributed by atoms with Crippen LogP contribution in [0.2, 0.25) is 10.0 Å². The first-order valence-corrected chi connectivity index (χ1v) is 9.27. The average molecular weight is 460 g/mol. The molecular weight excluding hydrogens is 449 g/mol. The lowest BCUT2D eigenvalue weighted by Gasteiger charge is -2.11. The molecule has 0 aromatic heterocycles. The lowest BCUT2D eigenvalue weighted by molar-refractivity contribution is -0.393. The third-order valence-electron chi connectivity index (χ3n) is 4.20. The smallest absolute Gasteiger partial charge is 0.295 e. The van der Waals surface area contributed by atoms with Gasteiger partial charge in [-0.1, -0.05) is 53.5 Å². The van der Waals surface area contributed by atoms with Gasteiger partial charge in [0.25, 0.3) is 17.3 Å². The van der Waals surface area contributed by atoms with Crippen molar-refractivity contribution in [2.75, 3.05) is 5.32 Å². The Kier molecular flexibility index (Phi) is 6.28. The van der Waals surface area contributed by atoms with E-state index in [4.69, 9.17) is 23.2 Å². The third-order valence-corrected chi connectivity index (χ3v) is 4.82. The van der Waals surface area contributed by atoms with E-state index in [1.807, 2.05) is 0 Å². The molecule has 3 aromatic carbocycles. The topological polar surface area (TPSA) is 132 Å². The van der Waals surface area contributed by atoms with Crippen molar-refractivity contribution in [3.05, 3.63) is 108 Å². The van der Waals surface area contributed by atoms with Crippen LogP contribution in [0.4, 0.5) is 17.1 Å². The molecular formula is C20H11Cl2N3O6. The van der Waals surface area contributed by atoms with Crippen molar-refractivity contribution in [2.24, 2.45) is 0 Å². The molecule has 0 aliphatic rings. The molecule has 0 saturated heterocycles. The van der Waals surface area contributed by atoms with Gasteiger partial charge in [-0.15, -0.1) is 0 Å². The molecule has 0 aliphatic carbocycles. The minimum atomic E-state index is -0.932. The second-order valence-corrected chi connectivity index (χ2v) is 7.00. The molecule has 31 heavy (non-hydrogen) atoms. The highest BCUT2D eigenvalue weighted by molar-refractivity contribution is 6.35. The summed E-state index contributed by atoms with van der Waals surface area (Å²) in [5.41, 5.74) is -1.47. The number of nitrogens with one attached hydrogen (secondary N) is 1. The van der Waals surface area contributed by atoms with Gasteiger partial charge >= 0.3 is 0 Å². The molecule has 3 aromatic rings. The van der Waals surface area contributed by atoms with Gasteiger partial charge in [0.05, 0.1) is 21.1 Å². The molecule has 0 saturated carbocycles. The summed E-state index contributed by atoms with van der Waals surface area (Å²) in [7, 11) is 0. The summed E-state index contributed by atoms with van der Waals surface area (Å²) in [6.45, 7) is 0. The molecule has 1 N–H and O–H groups in total. The lowest BCUT2D eigenvalue weighted by atomic mass is 10.0. The van der Waals surface area contributed by atoms with Crippen LogP contribution in [-0.4, -0.2) is 21.5 Å². The number of hydrogen-bond donors (Lipinski definition) is 1. The Hall–Kier alpha value is -3.82. The zero-order chi connectivity index (χ0) is 22.7. The van der Waals surface area contributed by atoms with Crippen LogP contribution in [0.1, 0.15) is 26.3 Å². The number of ketones is 1. The Morgan fingerprint density at radius 3 is 1.94 bits per heavy atom. The summed E-state index contributed by atoms with van der Waals surface area (Å²) in [6, 6.07) is 14.1. The summed E-state index contributed by atoms with van der Waals surface area (Å²) in [4.78, 5) is 46.1. The third kappa shape index (κ3) is 4.68. The molecule has 0 heterocycles. The van der Waals surface area contributed by atoms with E-state index < -0.39 is 37.9 Å². The number of nitro groups is 2. The van der Waals surface area contributed by atoms with Gasteiger partial charge in [0.1, 0.15) is 0 Å². The van der Waals surface area contributed by atoms with Gasteiger partial charge < -0.3 is 5.32 Å². The fraction of sp³-hybridized carbons (Fsp3) is 0. The maximum atomic E-state index is 12.9. The first kappa shape index (κ1) is 21.9. The normalized spacial score (nSPS) is 10.4. The number of rotatable bonds is 6. The molecule has 3 rings (SSSR count). The van der Waals surface area contributed by atoms with Crippen LogP contribution in [-0.2, 0) is 0 Å². The van der Waals surface area contributed by atoms with Crippen molar-refractivity contribution in [1.82, 2.24) is 0 Å². The highest BCUT2D eigenvalue weighted by Crippen LogP contribution is 2.35. The Morgan fingerprint density at radius 1 is 0.806 bits per heavy atom. The molecule has 0 fully saturated rings. The number of benzene rings is 3. The summed E-state index contributed by atoms with van der Waals surface area (Å²) in [5.74, 6) is -1.33. The summed E-state index contributed by atoms with van der Waals surface area (Å²) >= 11 is 11.7. The maximum Gasteiger partial charge on any atom is 0.295 e. The molecule has 0 atom stereocenters. The number of hydrogen-bond acceptors (Lipinski definition) is 6. The minimum Gasteiger partial charge on any atom is -0.321 e. The molecule has 0 radical (unpaired) electrons. The van der Waals surface area contributed by atoms with E-state index in [-0.39, 0.29) is 21.8 Å². The largest absolute Gasteiger partial charge is 0.321 e. The second-order valence-electron chi connectivity index (χ2n) is 6.18. The highest BCUT2D eigenvalue weighted by Gasteiger charge is 2.27. The Morgan fingerprint density at radius 2 is 1.39 bits per heavy atom. The summed E-state index contributed by atoms with van der Waals surface area (Å²) in [6.07, 6.45) is 0. The second kappa shape index (κ2) is 8.90. The summed E-state index contributed by atoms with van der Waals surface area (Å²) in [5, 5.41) is 24.3. The Balaban J connectivity index is 2.02. The molecule has 0 unspecified atom stereocenters. The van der Waals surface area contributed by atoms with Gasteiger partial charge in [-0.25, -0.2) is 0 Å². The van der Waals surface area contributed by atoms with E-state index in [1.54, 1.807) is 30.3 Å². The van der Waals surface area contributed by atoms with Crippen LogP contribution in [0.5, 0.6) is 0 Å². The Bertz CT molecular complexity index is 1200. The van der Waals surface area contributed by atoms with Gasteiger partial charge in [0.2, 0.25) is 0 Å². The molecule has 0 aliphatic heterocycles. The van der Waals surface area contributed by atoms with E-state index in [9.17, 15) is 29.8 Å². The first-order valence-electron chi connectivity index (χ1n) is 8.52. The number of carbonyl (C=O) groups excluding carboxylic acids is 2. The van der Waals surface area contributed by atoms with Crippen molar-refractivity contribution < 1.29 is 19.4 Å². The van der Waals surface area contributed by atoms with Gasteiger partial charge in [-0.2, -0.15) is 0 Å². The van der Waals surface area contributed by atoms with Crippen LogP contribution in [0.25, 0.3) is 0 Å². The van der Waals surface area contributed by atoms with E-state index in [1.165, 1.54) is 18.2 Å². The Labute approximate surface area is 184 Å². The van der Waals surface area contributed by atoms with Crippen LogP contribution < -0.4 is 5.32 Å². The van der Waals surface area contributed by atoms with Crippen molar-refractivity contribution in [3.63, 3.8) is 0 Å². The van der Waals surface area contributed by atoms with Crippen LogP contribution in [0, 0.1) is 20.2 Å². The van der Waals surface area contributed by atoms with Crippen molar-refractivity contribution in [1.29, 1.82) is 0 Å². The quantitative estimate of drug-likeness (QED) is 0.302. The lowest BCUT2D eigenvalue weighted by Crippen LogP contribution is -2.16. The number of amides is 1. The van der Waals surface area contributed by atoms with Crippen molar-refractivity contribution in [3.8, 4) is 0 Å². The number of anilines is 1. The van der Waals surface area contributed by atoms with E-state index in [0.717, 1.165) is 12.1 Å². The standard InChI is InChI=1S/C20H11Cl2N3O6/c21-13-6-7-15(14(10-13)19(26)11-4-2-1-3-5-11)23-20(27)12-8-16(24(28)29)18(22)17(9-12)25(30)31/h1-10H,(H,23,27). The predicted octanol–water partition coefficient (Wildman–Crippen LogP) is 5.29. The van der Waals surface area contributed by atoms with Crippen molar-refractivity contribution in [2.45, 2.75) is 0 Å². The summed E-state index contributed by atoms with van der Waals surface area (Å²) < 4.78 is 0. The zero-order valence-corrected chi connectivity index (χ0v) is 16.9. The zero-order valence-electron chi connectivity index (χ0n) is 15.4. The number of nitrogens with zero attached hydrogens (tertiary/aromatic N) is 2. The van der Waals surface area contributed by atoms with E-state index in [2.05, 4.69) is 5.32 Å². The molecule has 0 spiro atoms. The molecule has 0 bridgehead atoms. The van der Waals surface area contributed by atoms with E-state index >= 15 is 0 Å². The molecule has 1 amide bonds. The highest BCUT2D eigenvalue weighted by atomic mass is 35.5. The fourth-order valence-corrected chi connectivity index (χ4v) is 3.16. The number of nitro benzene ring substituents is 2. The average Bonchev–Trinajstić information content (AvgIpc) is 2.74. The van der Waals surface area contributed by atoms with Crippen LogP contribution in [0.3, 0.4) is 0 Å². The predicted molar refractivity (Wildman–Crippen MR) is 114 cm³/mol. The van der Waals surface area contributed by atoms with E-state index in [0.29, 0.717) is 5.56 Å².